The molecule has 0 aliphatic heterocycles. The van der Waals surface area contributed by atoms with E-state index in [4.69, 9.17) is 5.73 Å². The lowest BCUT2D eigenvalue weighted by atomic mass is 10.2. The third kappa shape index (κ3) is 5.92. The number of H-pyrrole nitrogens is 1. The van der Waals surface area contributed by atoms with Crippen LogP contribution in [0.15, 0.2) is 39.9 Å². The molecule has 0 fully saturated rings. The van der Waals surface area contributed by atoms with Gasteiger partial charge in [0.2, 0.25) is 0 Å². The number of halogens is 1. The van der Waals surface area contributed by atoms with Crippen LogP contribution in [0.25, 0.3) is 6.08 Å². The molecule has 0 saturated heterocycles. The fourth-order valence-electron chi connectivity index (χ4n) is 3.06. The zero-order valence-corrected chi connectivity index (χ0v) is 17.5. The summed E-state index contributed by atoms with van der Waals surface area (Å²) in [7, 11) is 0. The molecule has 0 spiro atoms. The highest BCUT2D eigenvalue weighted by Gasteiger charge is 2.22. The summed E-state index contributed by atoms with van der Waals surface area (Å²) in [4.78, 5) is 41.3. The van der Waals surface area contributed by atoms with Crippen molar-refractivity contribution in [2.45, 2.75) is 52.5 Å². The summed E-state index contributed by atoms with van der Waals surface area (Å²) in [6, 6.07) is 5.70. The number of nitrogen functional groups attached to an aromatic ring is 1. The van der Waals surface area contributed by atoms with Crippen molar-refractivity contribution in [3.63, 3.8) is 0 Å². The number of hydrogen-bond donors (Lipinski definition) is 2. The third-order valence-corrected chi connectivity index (χ3v) is 4.76. The number of aromatic nitrogens is 2. The minimum atomic E-state index is -0.690. The summed E-state index contributed by atoms with van der Waals surface area (Å²) in [6.45, 7) is 4.66. The monoisotopic (exact) mass is 416 g/mol. The number of benzene rings is 1. The van der Waals surface area contributed by atoms with Crippen LogP contribution in [0.1, 0.15) is 51.5 Å². The van der Waals surface area contributed by atoms with Gasteiger partial charge in [-0.05, 0) is 36.6 Å². The molecule has 1 aromatic carbocycles. The lowest BCUT2D eigenvalue weighted by Crippen LogP contribution is -2.41. The van der Waals surface area contributed by atoms with Crippen LogP contribution in [0.5, 0.6) is 0 Å². The van der Waals surface area contributed by atoms with E-state index in [0.29, 0.717) is 31.5 Å². The van der Waals surface area contributed by atoms with Gasteiger partial charge in [-0.3, -0.25) is 19.1 Å². The molecule has 3 N–H and O–H groups in total. The Kier molecular flexibility index (Phi) is 8.58. The number of nitrogens with two attached hydrogens (primary N) is 1. The molecule has 1 aromatic heterocycles. The van der Waals surface area contributed by atoms with E-state index in [0.717, 1.165) is 19.3 Å². The molecule has 2 rings (SSSR count). The van der Waals surface area contributed by atoms with Crippen molar-refractivity contribution in [1.29, 1.82) is 0 Å². The van der Waals surface area contributed by atoms with E-state index in [1.807, 2.05) is 13.8 Å². The fourth-order valence-corrected chi connectivity index (χ4v) is 3.06. The average molecular weight is 416 g/mol. The Bertz CT molecular complexity index is 993. The van der Waals surface area contributed by atoms with Crippen molar-refractivity contribution in [2.24, 2.45) is 0 Å². The number of nitrogens with zero attached hydrogens (tertiary/aromatic N) is 2. The molecule has 162 valence electrons. The van der Waals surface area contributed by atoms with Gasteiger partial charge in [-0.25, -0.2) is 9.18 Å². The maximum atomic E-state index is 13.1. The quantitative estimate of drug-likeness (QED) is 0.458. The molecular weight excluding hydrogens is 387 g/mol. The minimum absolute atomic E-state index is 0.0165. The SMILES string of the molecule is CCCCCN(C(=O)/C=C/c1ccc(F)cc1)c1c(N)n(CCCC)c(=O)[nH]c1=O. The van der Waals surface area contributed by atoms with Crippen molar-refractivity contribution in [3.05, 3.63) is 62.6 Å². The molecule has 0 aliphatic carbocycles. The van der Waals surface area contributed by atoms with Gasteiger partial charge >= 0.3 is 5.69 Å². The minimum Gasteiger partial charge on any atom is -0.383 e. The first kappa shape index (κ1) is 23.1. The molecule has 30 heavy (non-hydrogen) atoms. The first-order valence-corrected chi connectivity index (χ1v) is 10.3. The van der Waals surface area contributed by atoms with Crippen LogP contribution in [0.3, 0.4) is 0 Å². The van der Waals surface area contributed by atoms with Gasteiger partial charge in [0.15, 0.2) is 5.69 Å². The Hall–Kier alpha value is -3.16. The second kappa shape index (κ2) is 11.1. The molecular formula is C22H29FN4O3. The molecule has 1 heterocycles. The van der Waals surface area contributed by atoms with Crippen molar-refractivity contribution in [3.8, 4) is 0 Å². The number of aromatic amines is 1. The molecule has 0 aliphatic rings. The number of carbonyl (C=O) groups is 1. The van der Waals surface area contributed by atoms with Crippen molar-refractivity contribution < 1.29 is 9.18 Å². The van der Waals surface area contributed by atoms with Crippen LogP contribution >= 0.6 is 0 Å². The van der Waals surface area contributed by atoms with Crippen molar-refractivity contribution in [2.75, 3.05) is 17.2 Å². The van der Waals surface area contributed by atoms with Crippen LogP contribution in [0.2, 0.25) is 0 Å². The standard InChI is InChI=1S/C22H29FN4O3/c1-3-5-7-15-26(18(28)13-10-16-8-11-17(23)12-9-16)19-20(24)27(14-6-4-2)22(30)25-21(19)29/h8-13H,3-7,14-15,24H2,1-2H3,(H,25,29,30)/b13-10+. The van der Waals surface area contributed by atoms with Crippen LogP contribution < -0.4 is 21.9 Å². The Morgan fingerprint density at radius 1 is 1.13 bits per heavy atom. The number of rotatable bonds is 10. The molecule has 2 aromatic rings. The summed E-state index contributed by atoms with van der Waals surface area (Å²) < 4.78 is 14.4. The zero-order valence-electron chi connectivity index (χ0n) is 17.5. The van der Waals surface area contributed by atoms with E-state index >= 15 is 0 Å². The second-order valence-electron chi connectivity index (χ2n) is 7.08. The Balaban J connectivity index is 2.42. The van der Waals surface area contributed by atoms with E-state index < -0.39 is 17.2 Å². The average Bonchev–Trinajstić information content (AvgIpc) is 2.71. The van der Waals surface area contributed by atoms with E-state index in [-0.39, 0.29) is 17.3 Å². The zero-order chi connectivity index (χ0) is 22.1. The van der Waals surface area contributed by atoms with Gasteiger partial charge in [0, 0.05) is 19.2 Å². The summed E-state index contributed by atoms with van der Waals surface area (Å²) in [5.41, 5.74) is 5.53. The van der Waals surface area contributed by atoms with Crippen molar-refractivity contribution in [1.82, 2.24) is 9.55 Å². The highest BCUT2D eigenvalue weighted by atomic mass is 19.1. The Labute approximate surface area is 175 Å². The molecule has 7 nitrogen and oxygen atoms in total. The maximum absolute atomic E-state index is 13.1. The Morgan fingerprint density at radius 3 is 2.43 bits per heavy atom. The molecule has 0 atom stereocenters. The molecule has 1 amide bonds. The Morgan fingerprint density at radius 2 is 1.80 bits per heavy atom. The van der Waals surface area contributed by atoms with E-state index in [1.54, 1.807) is 18.2 Å². The van der Waals surface area contributed by atoms with Gasteiger partial charge in [0.05, 0.1) is 0 Å². The van der Waals surface area contributed by atoms with Gasteiger partial charge in [-0.15, -0.1) is 0 Å². The smallest absolute Gasteiger partial charge is 0.330 e. The first-order valence-electron chi connectivity index (χ1n) is 10.3. The first-order chi connectivity index (χ1) is 14.4. The van der Waals surface area contributed by atoms with Gasteiger partial charge in [-0.1, -0.05) is 45.2 Å². The summed E-state index contributed by atoms with van der Waals surface area (Å²) in [5, 5.41) is 0. The van der Waals surface area contributed by atoms with Crippen LogP contribution in [0.4, 0.5) is 15.9 Å². The van der Waals surface area contributed by atoms with E-state index in [1.165, 1.54) is 27.7 Å². The second-order valence-corrected chi connectivity index (χ2v) is 7.08. The highest BCUT2D eigenvalue weighted by Crippen LogP contribution is 2.19. The fraction of sp³-hybridized carbons (Fsp3) is 0.409. The lowest BCUT2D eigenvalue weighted by molar-refractivity contribution is -0.114. The normalized spacial score (nSPS) is 11.2. The molecule has 0 bridgehead atoms. The predicted molar refractivity (Wildman–Crippen MR) is 118 cm³/mol. The third-order valence-electron chi connectivity index (χ3n) is 4.76. The van der Waals surface area contributed by atoms with Gasteiger partial charge in [-0.2, -0.15) is 0 Å². The highest BCUT2D eigenvalue weighted by molar-refractivity contribution is 6.05. The van der Waals surface area contributed by atoms with Crippen LogP contribution in [-0.2, 0) is 11.3 Å². The van der Waals surface area contributed by atoms with E-state index in [9.17, 15) is 18.8 Å². The molecule has 0 radical (unpaired) electrons. The van der Waals surface area contributed by atoms with E-state index in [2.05, 4.69) is 4.98 Å². The number of anilines is 2. The summed E-state index contributed by atoms with van der Waals surface area (Å²) in [5.74, 6) is -0.820. The van der Waals surface area contributed by atoms with Gasteiger partial charge in [0.25, 0.3) is 11.5 Å². The van der Waals surface area contributed by atoms with Crippen LogP contribution in [0, 0.1) is 5.82 Å². The number of carbonyl (C=O) groups excluding carboxylic acids is 1. The number of amides is 1. The van der Waals surface area contributed by atoms with Gasteiger partial charge < -0.3 is 10.6 Å². The molecule has 0 unspecified atom stereocenters. The molecule has 0 saturated carbocycles. The molecule has 8 heteroatoms. The maximum Gasteiger partial charge on any atom is 0.330 e. The largest absolute Gasteiger partial charge is 0.383 e. The van der Waals surface area contributed by atoms with Crippen molar-refractivity contribution >= 4 is 23.5 Å². The van der Waals surface area contributed by atoms with Gasteiger partial charge in [0.1, 0.15) is 11.6 Å². The lowest BCUT2D eigenvalue weighted by Gasteiger charge is -2.23. The number of hydrogen-bond acceptors (Lipinski definition) is 4. The predicted octanol–water partition coefficient (Wildman–Crippen LogP) is 3.29. The van der Waals surface area contributed by atoms with Crippen LogP contribution in [-0.4, -0.2) is 22.0 Å². The summed E-state index contributed by atoms with van der Waals surface area (Å²) >= 11 is 0. The number of nitrogens with one attached hydrogen (secondary N) is 1. The topological polar surface area (TPSA) is 101 Å². The summed E-state index contributed by atoms with van der Waals surface area (Å²) in [6.07, 6.45) is 6.92. The number of unbranched alkanes of at least 4 members (excludes halogenated alkanes) is 3.